The summed E-state index contributed by atoms with van der Waals surface area (Å²) in [5.41, 5.74) is 2.48. The van der Waals surface area contributed by atoms with E-state index < -0.39 is 14.8 Å². The van der Waals surface area contributed by atoms with Gasteiger partial charge in [0.2, 0.25) is 0 Å². The number of ether oxygens (including phenoxy) is 2. The summed E-state index contributed by atoms with van der Waals surface area (Å²) in [5, 5.41) is 9.97. The van der Waals surface area contributed by atoms with Gasteiger partial charge >= 0.3 is 8.69 Å². The molecule has 0 amide bonds. The number of hydrogen-bond donors (Lipinski definition) is 2. The highest BCUT2D eigenvalue weighted by Crippen LogP contribution is 2.55. The first-order chi connectivity index (χ1) is 11.6. The van der Waals surface area contributed by atoms with Crippen LogP contribution in [0.1, 0.15) is 24.0 Å². The highest BCUT2D eigenvalue weighted by molar-refractivity contribution is 7.16. The minimum atomic E-state index is -0.833. The number of rotatable bonds is 1. The van der Waals surface area contributed by atoms with E-state index in [1.54, 1.807) is 7.11 Å². The minimum absolute atomic E-state index is 0.00838. The normalized spacial score (nSPS) is 30.5. The molecule has 2 heterocycles. The molecule has 24 heavy (non-hydrogen) atoms. The van der Waals surface area contributed by atoms with Crippen molar-refractivity contribution in [1.82, 2.24) is 4.90 Å². The molecular weight excluding hydrogens is 329 g/mol. The fourth-order valence-corrected chi connectivity index (χ4v) is 4.08. The van der Waals surface area contributed by atoms with E-state index in [1.807, 2.05) is 12.1 Å². The molecule has 0 radical (unpaired) electrons. The molecule has 0 fully saturated rings. The Morgan fingerprint density at radius 2 is 2.21 bits per heavy atom. The van der Waals surface area contributed by atoms with Crippen LogP contribution in [0.4, 0.5) is 0 Å². The molecule has 6 nitrogen and oxygen atoms in total. The average molecular weight is 351 g/mol. The van der Waals surface area contributed by atoms with E-state index in [0.717, 1.165) is 31.0 Å². The van der Waals surface area contributed by atoms with E-state index in [9.17, 15) is 5.11 Å². The van der Waals surface area contributed by atoms with Gasteiger partial charge in [0.1, 0.15) is 6.10 Å². The molecule has 0 saturated carbocycles. The Bertz CT molecular complexity index is 665. The summed E-state index contributed by atoms with van der Waals surface area (Å²) in [5.74, 6) is 1.68. The number of benzene rings is 1. The zero-order valence-corrected chi connectivity index (χ0v) is 14.7. The maximum atomic E-state index is 9.97. The van der Waals surface area contributed by atoms with Crippen molar-refractivity contribution in [3.05, 3.63) is 35.4 Å². The first-order valence-electron chi connectivity index (χ1n) is 7.95. The SMILES string of the molecule is COc1ccc2c3c1O[C@H]1C[C@@H](O)C=C[C@@]31CCN(C)C2.O=PO. The number of hydrogen-bond acceptors (Lipinski definition) is 5. The molecule has 7 heteroatoms. The highest BCUT2D eigenvalue weighted by atomic mass is 31.1. The maximum Gasteiger partial charge on any atom is 0.324 e. The zero-order chi connectivity index (χ0) is 17.3. The van der Waals surface area contributed by atoms with Gasteiger partial charge in [0, 0.05) is 18.5 Å². The van der Waals surface area contributed by atoms with Gasteiger partial charge in [-0.05, 0) is 31.6 Å². The number of methoxy groups -OCH3 is 1. The van der Waals surface area contributed by atoms with Crippen LogP contribution >= 0.6 is 8.69 Å². The van der Waals surface area contributed by atoms with Gasteiger partial charge in [-0.15, -0.1) is 0 Å². The van der Waals surface area contributed by atoms with Crippen LogP contribution in [0.25, 0.3) is 0 Å². The third-order valence-electron chi connectivity index (χ3n) is 5.15. The second-order valence-corrected chi connectivity index (χ2v) is 6.67. The van der Waals surface area contributed by atoms with Gasteiger partial charge in [-0.2, -0.15) is 0 Å². The van der Waals surface area contributed by atoms with Crippen molar-refractivity contribution in [2.45, 2.75) is 37.0 Å². The molecule has 130 valence electrons. The Kier molecular flexibility index (Phi) is 4.92. The molecule has 2 N–H and O–H groups in total. The van der Waals surface area contributed by atoms with Gasteiger partial charge in [0.15, 0.2) is 11.5 Å². The van der Waals surface area contributed by atoms with Crippen LogP contribution in [0.3, 0.4) is 0 Å². The molecule has 1 aromatic carbocycles. The Balaban J connectivity index is 0.000000526. The monoisotopic (exact) mass is 351 g/mol. The van der Waals surface area contributed by atoms with Crippen LogP contribution in [-0.4, -0.2) is 47.8 Å². The molecule has 0 saturated heterocycles. The van der Waals surface area contributed by atoms with Gasteiger partial charge < -0.3 is 24.4 Å². The first-order valence-corrected chi connectivity index (χ1v) is 8.72. The van der Waals surface area contributed by atoms with Crippen LogP contribution < -0.4 is 9.47 Å². The molecule has 0 aromatic heterocycles. The van der Waals surface area contributed by atoms with Crippen molar-refractivity contribution >= 4 is 8.69 Å². The predicted octanol–water partition coefficient (Wildman–Crippen LogP) is 2.04. The van der Waals surface area contributed by atoms with Crippen LogP contribution in [-0.2, 0) is 16.5 Å². The largest absolute Gasteiger partial charge is 0.493 e. The molecule has 3 aliphatic rings. The number of aliphatic hydroxyl groups is 1. The van der Waals surface area contributed by atoms with Crippen molar-refractivity contribution < 1.29 is 24.0 Å². The average Bonchev–Trinajstić information content (AvgIpc) is 2.81. The maximum absolute atomic E-state index is 9.97. The van der Waals surface area contributed by atoms with Crippen LogP contribution in [0.2, 0.25) is 0 Å². The molecule has 0 unspecified atom stereocenters. The summed E-state index contributed by atoms with van der Waals surface area (Å²) in [6, 6.07) is 4.16. The lowest BCUT2D eigenvalue weighted by atomic mass is 9.69. The Morgan fingerprint density at radius 3 is 2.92 bits per heavy atom. The summed E-state index contributed by atoms with van der Waals surface area (Å²) in [4.78, 5) is 9.34. The lowest BCUT2D eigenvalue weighted by Gasteiger charge is -2.35. The van der Waals surface area contributed by atoms with E-state index in [4.69, 9.17) is 18.9 Å². The summed E-state index contributed by atoms with van der Waals surface area (Å²) >= 11 is 0. The third kappa shape index (κ3) is 2.74. The molecule has 2 aliphatic heterocycles. The van der Waals surface area contributed by atoms with Crippen LogP contribution in [0, 0.1) is 0 Å². The van der Waals surface area contributed by atoms with E-state index in [2.05, 4.69) is 24.1 Å². The molecule has 4 rings (SSSR count). The van der Waals surface area contributed by atoms with Crippen LogP contribution in [0.15, 0.2) is 24.3 Å². The second-order valence-electron chi connectivity index (χ2n) is 6.51. The topological polar surface area (TPSA) is 79.2 Å². The lowest BCUT2D eigenvalue weighted by molar-refractivity contribution is 0.0821. The molecule has 1 spiro atoms. The summed E-state index contributed by atoms with van der Waals surface area (Å²) in [6.45, 7) is 1.96. The minimum Gasteiger partial charge on any atom is -0.493 e. The molecule has 3 atom stereocenters. The Hall–Kier alpha value is -1.46. The number of aliphatic hydroxyl groups excluding tert-OH is 1. The van der Waals surface area contributed by atoms with Crippen molar-refractivity contribution in [3.8, 4) is 11.5 Å². The van der Waals surface area contributed by atoms with Gasteiger partial charge in [-0.25, -0.2) is 4.57 Å². The number of nitrogens with zero attached hydrogens (tertiary/aromatic N) is 1. The summed E-state index contributed by atoms with van der Waals surface area (Å²) < 4.78 is 20.2. The third-order valence-corrected chi connectivity index (χ3v) is 5.15. The quantitative estimate of drug-likeness (QED) is 0.595. The van der Waals surface area contributed by atoms with E-state index in [0.29, 0.717) is 6.42 Å². The van der Waals surface area contributed by atoms with Crippen LogP contribution in [0.5, 0.6) is 11.5 Å². The lowest BCUT2D eigenvalue weighted by Crippen LogP contribution is -2.42. The van der Waals surface area contributed by atoms with Crippen molar-refractivity contribution in [2.24, 2.45) is 0 Å². The van der Waals surface area contributed by atoms with Gasteiger partial charge in [0.25, 0.3) is 0 Å². The fraction of sp³-hybridized carbons (Fsp3) is 0.529. The smallest absolute Gasteiger partial charge is 0.324 e. The second kappa shape index (κ2) is 6.81. The van der Waals surface area contributed by atoms with Crippen molar-refractivity contribution in [1.29, 1.82) is 0 Å². The Morgan fingerprint density at radius 1 is 1.46 bits per heavy atom. The van der Waals surface area contributed by atoms with Crippen molar-refractivity contribution in [3.63, 3.8) is 0 Å². The van der Waals surface area contributed by atoms with E-state index in [1.165, 1.54) is 11.1 Å². The molecule has 1 aromatic rings. The highest BCUT2D eigenvalue weighted by Gasteiger charge is 2.52. The zero-order valence-electron chi connectivity index (χ0n) is 13.8. The fourth-order valence-electron chi connectivity index (χ4n) is 4.08. The van der Waals surface area contributed by atoms with E-state index in [-0.39, 0.29) is 11.5 Å². The standard InChI is InChI=1S/C17H21NO3.HO2P/c1-18-8-7-17-6-5-12(19)9-14(17)21-16-13(20-2)4-3-11(10-18)15(16)17;1-3-2/h3-6,12,14,19H,7-10H2,1-2H3;(H,1,2)/t12-,14-,17-;/m0./s1. The molecule has 1 aliphatic carbocycles. The molecular formula is C17H22NO5P. The Labute approximate surface area is 143 Å². The van der Waals surface area contributed by atoms with Gasteiger partial charge in [-0.1, -0.05) is 18.2 Å². The van der Waals surface area contributed by atoms with Crippen molar-refractivity contribution in [2.75, 3.05) is 20.7 Å². The summed E-state index contributed by atoms with van der Waals surface area (Å²) in [6.07, 6.45) is 5.38. The molecule has 0 bridgehead atoms. The van der Waals surface area contributed by atoms with Gasteiger partial charge in [-0.3, -0.25) is 0 Å². The first kappa shape index (κ1) is 17.4. The predicted molar refractivity (Wildman–Crippen MR) is 89.6 cm³/mol. The van der Waals surface area contributed by atoms with Gasteiger partial charge in [0.05, 0.1) is 18.6 Å². The van der Waals surface area contributed by atoms with E-state index >= 15 is 0 Å². The summed E-state index contributed by atoms with van der Waals surface area (Å²) in [7, 11) is 3.01.